The molecule has 0 aliphatic rings. The molecule has 0 aliphatic carbocycles. The number of amides is 2. The van der Waals surface area contributed by atoms with E-state index in [4.69, 9.17) is 4.74 Å². The average molecular weight is 429 g/mol. The van der Waals surface area contributed by atoms with E-state index in [-0.39, 0.29) is 31.4 Å². The van der Waals surface area contributed by atoms with Crippen LogP contribution in [0.4, 0.5) is 5.69 Å². The van der Waals surface area contributed by atoms with Crippen molar-refractivity contribution < 1.29 is 14.3 Å². The zero-order valence-electron chi connectivity index (χ0n) is 17.6. The first-order chi connectivity index (χ1) is 15.6. The van der Waals surface area contributed by atoms with Gasteiger partial charge in [-0.1, -0.05) is 18.2 Å². The number of imidazole rings is 1. The van der Waals surface area contributed by atoms with E-state index in [9.17, 15) is 9.59 Å². The number of nitrogens with one attached hydrogen (secondary N) is 2. The minimum atomic E-state index is -0.305. The smallest absolute Gasteiger partial charge is 0.255 e. The fourth-order valence-corrected chi connectivity index (χ4v) is 3.25. The van der Waals surface area contributed by atoms with Crippen molar-refractivity contribution in [2.45, 2.75) is 20.0 Å². The summed E-state index contributed by atoms with van der Waals surface area (Å²) in [5.41, 5.74) is 3.74. The molecule has 4 rings (SSSR count). The lowest BCUT2D eigenvalue weighted by Gasteiger charge is -2.11. The van der Waals surface area contributed by atoms with Crippen LogP contribution in [0.2, 0.25) is 0 Å². The van der Waals surface area contributed by atoms with Gasteiger partial charge in [-0.2, -0.15) is 0 Å². The Hall–Kier alpha value is -4.20. The maximum Gasteiger partial charge on any atom is 0.255 e. The highest BCUT2D eigenvalue weighted by Gasteiger charge is 2.13. The van der Waals surface area contributed by atoms with Crippen LogP contribution in [0.1, 0.15) is 28.0 Å². The van der Waals surface area contributed by atoms with E-state index in [2.05, 4.69) is 20.6 Å². The lowest BCUT2D eigenvalue weighted by molar-refractivity contribution is -0.116. The first-order valence-electron chi connectivity index (χ1n) is 10.2. The van der Waals surface area contributed by atoms with Gasteiger partial charge >= 0.3 is 0 Å². The summed E-state index contributed by atoms with van der Waals surface area (Å²) in [7, 11) is 0. The third-order valence-electron chi connectivity index (χ3n) is 4.82. The van der Waals surface area contributed by atoms with Gasteiger partial charge in [0.1, 0.15) is 18.0 Å². The molecule has 0 aliphatic heterocycles. The van der Waals surface area contributed by atoms with Crippen LogP contribution in [-0.2, 0) is 11.4 Å². The van der Waals surface area contributed by atoms with Crippen molar-refractivity contribution in [2.75, 3.05) is 11.9 Å². The van der Waals surface area contributed by atoms with Crippen LogP contribution >= 0.6 is 0 Å². The Morgan fingerprint density at radius 2 is 1.97 bits per heavy atom. The predicted molar refractivity (Wildman–Crippen MR) is 121 cm³/mol. The van der Waals surface area contributed by atoms with Crippen molar-refractivity contribution in [2.24, 2.45) is 0 Å². The maximum atomic E-state index is 12.6. The molecule has 0 saturated heterocycles. The van der Waals surface area contributed by atoms with Gasteiger partial charge < -0.3 is 19.8 Å². The van der Waals surface area contributed by atoms with Gasteiger partial charge in [0.15, 0.2) is 0 Å². The number of para-hydroxylation sites is 1. The number of hydrogen-bond acceptors (Lipinski definition) is 5. The molecule has 3 aromatic heterocycles. The number of fused-ring (bicyclic) bond motifs is 1. The Morgan fingerprint density at radius 3 is 2.78 bits per heavy atom. The summed E-state index contributed by atoms with van der Waals surface area (Å²) in [5.74, 6) is -0.0517. The van der Waals surface area contributed by atoms with Crippen molar-refractivity contribution in [3.63, 3.8) is 0 Å². The topological polar surface area (TPSA) is 97.6 Å². The van der Waals surface area contributed by atoms with E-state index in [0.717, 1.165) is 16.9 Å². The molecule has 0 fully saturated rings. The van der Waals surface area contributed by atoms with Crippen LogP contribution in [0.15, 0.2) is 73.3 Å². The molecule has 1 aromatic carbocycles. The number of anilines is 1. The molecule has 0 radical (unpaired) electrons. The highest BCUT2D eigenvalue weighted by Crippen LogP contribution is 2.20. The summed E-state index contributed by atoms with van der Waals surface area (Å²) in [6.07, 6.45) is 7.18. The number of benzene rings is 1. The number of carbonyl (C=O) groups excluding carboxylic acids is 2. The summed E-state index contributed by atoms with van der Waals surface area (Å²) in [6.45, 7) is 2.44. The zero-order chi connectivity index (χ0) is 22.3. The molecule has 0 atom stereocenters. The molecule has 4 aromatic rings. The van der Waals surface area contributed by atoms with Crippen LogP contribution in [0.5, 0.6) is 5.75 Å². The molecule has 0 spiro atoms. The second-order valence-electron chi connectivity index (χ2n) is 7.23. The van der Waals surface area contributed by atoms with Gasteiger partial charge in [0.2, 0.25) is 5.91 Å². The van der Waals surface area contributed by atoms with E-state index in [1.165, 1.54) is 0 Å². The molecule has 0 bridgehead atoms. The fraction of sp³-hybridized carbons (Fsp3) is 0.167. The van der Waals surface area contributed by atoms with Crippen molar-refractivity contribution >= 4 is 23.1 Å². The molecule has 3 heterocycles. The van der Waals surface area contributed by atoms with Gasteiger partial charge in [-0.05, 0) is 42.8 Å². The molecular weight excluding hydrogens is 406 g/mol. The zero-order valence-corrected chi connectivity index (χ0v) is 17.6. The van der Waals surface area contributed by atoms with E-state index < -0.39 is 0 Å². The fourth-order valence-electron chi connectivity index (χ4n) is 3.25. The molecule has 162 valence electrons. The highest BCUT2D eigenvalue weighted by atomic mass is 16.5. The third kappa shape index (κ3) is 5.10. The summed E-state index contributed by atoms with van der Waals surface area (Å²) in [5, 5.41) is 5.50. The van der Waals surface area contributed by atoms with Crippen LogP contribution < -0.4 is 15.4 Å². The molecule has 0 saturated carbocycles. The largest absolute Gasteiger partial charge is 0.486 e. The van der Waals surface area contributed by atoms with Crippen molar-refractivity contribution in [3.05, 3.63) is 90.1 Å². The standard InChI is InChI=1S/C24H23N5O3/c1-17-6-5-13-29-15-19(28-23(17)29)16-32-21-9-3-2-8-20(21)24(31)26-12-10-22(30)27-18-7-4-11-25-14-18/h2-9,11,13-15H,10,12,16H2,1H3,(H,26,31)(H,27,30). The molecule has 32 heavy (non-hydrogen) atoms. The van der Waals surface area contributed by atoms with Gasteiger partial charge in [-0.3, -0.25) is 14.6 Å². The summed E-state index contributed by atoms with van der Waals surface area (Å²) < 4.78 is 7.84. The molecule has 8 heteroatoms. The summed E-state index contributed by atoms with van der Waals surface area (Å²) in [4.78, 5) is 33.2. The number of nitrogens with zero attached hydrogens (tertiary/aromatic N) is 3. The maximum absolute atomic E-state index is 12.6. The van der Waals surface area contributed by atoms with Crippen LogP contribution in [0.25, 0.3) is 5.65 Å². The molecule has 2 amide bonds. The van der Waals surface area contributed by atoms with Crippen molar-refractivity contribution in [3.8, 4) is 5.75 Å². The third-order valence-corrected chi connectivity index (χ3v) is 4.82. The van der Waals surface area contributed by atoms with Gasteiger partial charge in [0, 0.05) is 31.6 Å². The first-order valence-corrected chi connectivity index (χ1v) is 10.2. The quantitative estimate of drug-likeness (QED) is 0.448. The number of aromatic nitrogens is 3. The molecule has 0 unspecified atom stereocenters. The number of pyridine rings is 2. The first kappa shape index (κ1) is 21.0. The SMILES string of the molecule is Cc1cccn2cc(COc3ccccc3C(=O)NCCC(=O)Nc3cccnc3)nc12. The van der Waals surface area contributed by atoms with Crippen LogP contribution in [0.3, 0.4) is 0 Å². The monoisotopic (exact) mass is 429 g/mol. The van der Waals surface area contributed by atoms with Gasteiger partial charge in [-0.25, -0.2) is 4.98 Å². The number of rotatable bonds is 8. The van der Waals surface area contributed by atoms with Crippen LogP contribution in [-0.4, -0.2) is 32.7 Å². The van der Waals surface area contributed by atoms with E-state index in [1.54, 1.807) is 48.8 Å². The summed E-state index contributed by atoms with van der Waals surface area (Å²) in [6, 6.07) is 14.5. The Kier molecular flexibility index (Phi) is 6.41. The minimum Gasteiger partial charge on any atom is -0.486 e. The Morgan fingerprint density at radius 1 is 1.09 bits per heavy atom. The van der Waals surface area contributed by atoms with E-state index in [1.807, 2.05) is 35.9 Å². The Labute approximate surface area is 185 Å². The number of hydrogen-bond donors (Lipinski definition) is 2. The predicted octanol–water partition coefficient (Wildman–Crippen LogP) is 3.38. The average Bonchev–Trinajstić information content (AvgIpc) is 3.23. The van der Waals surface area contributed by atoms with Gasteiger partial charge in [0.05, 0.1) is 23.1 Å². The number of carbonyl (C=O) groups is 2. The highest BCUT2D eigenvalue weighted by molar-refractivity contribution is 5.97. The van der Waals surface area contributed by atoms with Crippen LogP contribution in [0, 0.1) is 6.92 Å². The van der Waals surface area contributed by atoms with E-state index in [0.29, 0.717) is 17.0 Å². The molecule has 2 N–H and O–H groups in total. The lowest BCUT2D eigenvalue weighted by atomic mass is 10.2. The Balaban J connectivity index is 1.33. The molecular formula is C24H23N5O3. The summed E-state index contributed by atoms with van der Waals surface area (Å²) >= 11 is 0. The second kappa shape index (κ2) is 9.74. The lowest BCUT2D eigenvalue weighted by Crippen LogP contribution is -2.28. The van der Waals surface area contributed by atoms with E-state index >= 15 is 0 Å². The van der Waals surface area contributed by atoms with Gasteiger partial charge in [-0.15, -0.1) is 0 Å². The number of ether oxygens (including phenoxy) is 1. The Bertz CT molecular complexity index is 1240. The second-order valence-corrected chi connectivity index (χ2v) is 7.23. The van der Waals surface area contributed by atoms with Crippen molar-refractivity contribution in [1.29, 1.82) is 0 Å². The van der Waals surface area contributed by atoms with Crippen molar-refractivity contribution in [1.82, 2.24) is 19.7 Å². The van der Waals surface area contributed by atoms with Gasteiger partial charge in [0.25, 0.3) is 5.91 Å². The normalized spacial score (nSPS) is 10.7. The molecule has 8 nitrogen and oxygen atoms in total. The minimum absolute atomic E-state index is 0.143. The number of aryl methyl sites for hydroxylation is 1.